The van der Waals surface area contributed by atoms with E-state index in [4.69, 9.17) is 4.84 Å². The van der Waals surface area contributed by atoms with Gasteiger partial charge in [0.25, 0.3) is 5.91 Å². The van der Waals surface area contributed by atoms with E-state index in [1.807, 2.05) is 6.92 Å². The fraction of sp³-hybridized carbons (Fsp3) is 0.889. The van der Waals surface area contributed by atoms with E-state index in [-0.39, 0.29) is 11.4 Å². The van der Waals surface area contributed by atoms with Crippen LogP contribution in [0.4, 0.5) is 0 Å². The van der Waals surface area contributed by atoms with E-state index in [9.17, 15) is 4.79 Å². The Hall–Kier alpha value is -0.610. The second kappa shape index (κ2) is 3.27. The van der Waals surface area contributed by atoms with E-state index in [1.165, 1.54) is 5.06 Å². The number of nitrogens with zero attached hydrogens (tertiary/aromatic N) is 1. The number of rotatable bonds is 1. The van der Waals surface area contributed by atoms with E-state index < -0.39 is 0 Å². The Balaban J connectivity index is 2.02. The normalized spacial score (nSPS) is 34.1. The molecule has 0 spiro atoms. The predicted molar refractivity (Wildman–Crippen MR) is 47.9 cm³/mol. The van der Waals surface area contributed by atoms with Gasteiger partial charge in [0.15, 0.2) is 0 Å². The van der Waals surface area contributed by atoms with Crippen LogP contribution in [0, 0.1) is 0 Å². The van der Waals surface area contributed by atoms with Crippen LogP contribution in [0.1, 0.15) is 26.2 Å². The number of hydrogen-bond acceptors (Lipinski definition) is 3. The highest BCUT2D eigenvalue weighted by atomic mass is 16.7. The molecule has 1 unspecified atom stereocenters. The van der Waals surface area contributed by atoms with Gasteiger partial charge >= 0.3 is 0 Å². The minimum atomic E-state index is -0.371. The third kappa shape index (κ3) is 1.56. The molecule has 2 rings (SSSR count). The summed E-state index contributed by atoms with van der Waals surface area (Å²) in [5.41, 5.74) is -0.371. The molecule has 1 atom stereocenters. The van der Waals surface area contributed by atoms with Crippen LogP contribution in [-0.4, -0.2) is 36.2 Å². The predicted octanol–water partition coefficient (Wildman–Crippen LogP) is 0.292. The molecule has 2 fully saturated rings. The van der Waals surface area contributed by atoms with Crippen molar-refractivity contribution in [3.05, 3.63) is 0 Å². The van der Waals surface area contributed by atoms with Gasteiger partial charge in [-0.2, -0.15) is 0 Å². The Morgan fingerprint density at radius 3 is 2.92 bits per heavy atom. The van der Waals surface area contributed by atoms with Gasteiger partial charge in [-0.05, 0) is 32.7 Å². The molecule has 2 saturated heterocycles. The molecule has 1 N–H and O–H groups in total. The molecule has 0 saturated carbocycles. The monoisotopic (exact) mass is 184 g/mol. The van der Waals surface area contributed by atoms with Crippen molar-refractivity contribution >= 4 is 5.91 Å². The fourth-order valence-corrected chi connectivity index (χ4v) is 1.96. The van der Waals surface area contributed by atoms with Gasteiger partial charge in [-0.25, -0.2) is 5.06 Å². The second-order valence-corrected chi connectivity index (χ2v) is 3.96. The molecule has 0 aromatic carbocycles. The van der Waals surface area contributed by atoms with Gasteiger partial charge in [0.05, 0.1) is 18.7 Å². The van der Waals surface area contributed by atoms with Crippen molar-refractivity contribution in [2.45, 2.75) is 31.7 Å². The number of hydrogen-bond donors (Lipinski definition) is 1. The minimum Gasteiger partial charge on any atom is -0.303 e. The average molecular weight is 184 g/mol. The standard InChI is InChI=1S/C9H16N2O2/c1-9(4-2-5-10-9)8(12)11-6-3-7-13-11/h10H,2-7H2,1H3. The molecular weight excluding hydrogens is 168 g/mol. The van der Waals surface area contributed by atoms with Crippen LogP contribution in [0.5, 0.6) is 0 Å². The molecule has 0 radical (unpaired) electrons. The van der Waals surface area contributed by atoms with Crippen LogP contribution in [0.2, 0.25) is 0 Å². The largest absolute Gasteiger partial charge is 0.303 e. The van der Waals surface area contributed by atoms with Gasteiger partial charge in [0, 0.05) is 0 Å². The molecule has 0 aliphatic carbocycles. The number of carbonyl (C=O) groups is 1. The summed E-state index contributed by atoms with van der Waals surface area (Å²) in [6.45, 7) is 4.33. The smallest absolute Gasteiger partial charge is 0.266 e. The molecule has 0 bridgehead atoms. The lowest BCUT2D eigenvalue weighted by molar-refractivity contribution is -0.175. The van der Waals surface area contributed by atoms with E-state index in [2.05, 4.69) is 5.32 Å². The molecule has 4 nitrogen and oxygen atoms in total. The zero-order valence-electron chi connectivity index (χ0n) is 8.01. The highest BCUT2D eigenvalue weighted by Gasteiger charge is 2.40. The van der Waals surface area contributed by atoms with E-state index in [0.717, 1.165) is 32.4 Å². The maximum atomic E-state index is 11.9. The first kappa shape index (κ1) is 8.97. The van der Waals surface area contributed by atoms with Gasteiger partial charge in [-0.3, -0.25) is 9.63 Å². The van der Waals surface area contributed by atoms with E-state index in [0.29, 0.717) is 6.61 Å². The molecule has 13 heavy (non-hydrogen) atoms. The maximum Gasteiger partial charge on any atom is 0.266 e. The number of amides is 1. The average Bonchev–Trinajstić information content (AvgIpc) is 2.73. The van der Waals surface area contributed by atoms with Crippen molar-refractivity contribution in [2.75, 3.05) is 19.7 Å². The van der Waals surface area contributed by atoms with Crippen molar-refractivity contribution in [2.24, 2.45) is 0 Å². The minimum absolute atomic E-state index is 0.0995. The van der Waals surface area contributed by atoms with Crippen LogP contribution in [0.25, 0.3) is 0 Å². The first-order valence-electron chi connectivity index (χ1n) is 4.92. The molecule has 4 heteroatoms. The van der Waals surface area contributed by atoms with E-state index >= 15 is 0 Å². The third-order valence-corrected chi connectivity index (χ3v) is 2.82. The highest BCUT2D eigenvalue weighted by molar-refractivity contribution is 5.85. The SMILES string of the molecule is CC1(C(=O)N2CCCO2)CCCN1. The summed E-state index contributed by atoms with van der Waals surface area (Å²) in [6.07, 6.45) is 2.96. The molecule has 1 amide bonds. The molecule has 2 aliphatic rings. The molecule has 2 aliphatic heterocycles. The quantitative estimate of drug-likeness (QED) is 0.637. The fourth-order valence-electron chi connectivity index (χ4n) is 1.96. The summed E-state index contributed by atoms with van der Waals surface area (Å²) < 4.78 is 0. The van der Waals surface area contributed by atoms with Crippen LogP contribution in [0.15, 0.2) is 0 Å². The highest BCUT2D eigenvalue weighted by Crippen LogP contribution is 2.22. The summed E-state index contributed by atoms with van der Waals surface area (Å²) in [6, 6.07) is 0. The Kier molecular flexibility index (Phi) is 2.26. The van der Waals surface area contributed by atoms with Gasteiger partial charge in [-0.1, -0.05) is 0 Å². The number of carbonyl (C=O) groups excluding carboxylic acids is 1. The van der Waals surface area contributed by atoms with Gasteiger partial charge in [0.1, 0.15) is 0 Å². The van der Waals surface area contributed by atoms with Crippen LogP contribution < -0.4 is 5.32 Å². The summed E-state index contributed by atoms with van der Waals surface area (Å²) in [5.74, 6) is 0.0995. The van der Waals surface area contributed by atoms with Crippen molar-refractivity contribution in [1.29, 1.82) is 0 Å². The molecule has 2 heterocycles. The molecule has 0 aromatic rings. The molecular formula is C9H16N2O2. The first-order valence-corrected chi connectivity index (χ1v) is 4.92. The van der Waals surface area contributed by atoms with Gasteiger partial charge in [0.2, 0.25) is 0 Å². The summed E-state index contributed by atoms with van der Waals surface area (Å²) in [5, 5.41) is 4.75. The Morgan fingerprint density at radius 1 is 1.54 bits per heavy atom. The summed E-state index contributed by atoms with van der Waals surface area (Å²) >= 11 is 0. The van der Waals surface area contributed by atoms with Crippen LogP contribution in [-0.2, 0) is 9.63 Å². The molecule has 0 aromatic heterocycles. The summed E-state index contributed by atoms with van der Waals surface area (Å²) in [7, 11) is 0. The maximum absolute atomic E-state index is 11.9. The Morgan fingerprint density at radius 2 is 2.38 bits per heavy atom. The Labute approximate surface area is 78.2 Å². The van der Waals surface area contributed by atoms with Crippen molar-refractivity contribution < 1.29 is 9.63 Å². The van der Waals surface area contributed by atoms with Gasteiger partial charge < -0.3 is 5.32 Å². The van der Waals surface area contributed by atoms with Crippen LogP contribution >= 0.6 is 0 Å². The summed E-state index contributed by atoms with van der Waals surface area (Å²) in [4.78, 5) is 17.1. The first-order chi connectivity index (χ1) is 6.22. The molecule has 74 valence electrons. The lowest BCUT2D eigenvalue weighted by Crippen LogP contribution is -2.51. The van der Waals surface area contributed by atoms with Crippen molar-refractivity contribution in [3.63, 3.8) is 0 Å². The number of hydroxylamine groups is 2. The van der Waals surface area contributed by atoms with Crippen molar-refractivity contribution in [1.82, 2.24) is 10.4 Å². The topological polar surface area (TPSA) is 41.6 Å². The van der Waals surface area contributed by atoms with Crippen molar-refractivity contribution in [3.8, 4) is 0 Å². The second-order valence-electron chi connectivity index (χ2n) is 3.96. The lowest BCUT2D eigenvalue weighted by atomic mass is 9.99. The zero-order chi connectivity index (χ0) is 9.31. The number of nitrogens with one attached hydrogen (secondary N) is 1. The van der Waals surface area contributed by atoms with E-state index in [1.54, 1.807) is 0 Å². The third-order valence-electron chi connectivity index (χ3n) is 2.82. The van der Waals surface area contributed by atoms with Crippen LogP contribution in [0.3, 0.4) is 0 Å². The zero-order valence-corrected chi connectivity index (χ0v) is 8.01. The Bertz CT molecular complexity index is 206. The van der Waals surface area contributed by atoms with Gasteiger partial charge in [-0.15, -0.1) is 0 Å². The lowest BCUT2D eigenvalue weighted by Gasteiger charge is -2.27.